The summed E-state index contributed by atoms with van der Waals surface area (Å²) in [6.07, 6.45) is 6.98. The molecule has 2 unspecified atom stereocenters. The van der Waals surface area contributed by atoms with Gasteiger partial charge >= 0.3 is 10.3 Å². The van der Waals surface area contributed by atoms with Crippen molar-refractivity contribution in [2.45, 2.75) is 83.8 Å². The molecule has 0 saturated heterocycles. The normalized spacial score (nSPS) is 19.9. The van der Waals surface area contributed by atoms with E-state index in [1.165, 1.54) is 12.0 Å². The number of Topliss-reactive ketones (excluding diaryl/α,β-unsaturated/α-hetero) is 1. The third-order valence-corrected chi connectivity index (χ3v) is 7.25. The smallest absolute Gasteiger partial charge is 0.333 e. The number of carbonyl (C=O) groups is 1. The van der Waals surface area contributed by atoms with Crippen molar-refractivity contribution in [3.63, 3.8) is 0 Å². The minimum atomic E-state index is -3.97. The van der Waals surface area contributed by atoms with Gasteiger partial charge in [-0.1, -0.05) is 69.2 Å². The molecule has 2 aliphatic rings. The molecule has 0 radical (unpaired) electrons. The molecule has 35 heavy (non-hydrogen) atoms. The maximum Gasteiger partial charge on any atom is 0.333 e. The van der Waals surface area contributed by atoms with Gasteiger partial charge in [-0.15, -0.1) is 0 Å². The average molecular weight is 511 g/mol. The lowest BCUT2D eigenvalue weighted by Crippen LogP contribution is -2.35. The van der Waals surface area contributed by atoms with E-state index in [1.54, 1.807) is 0 Å². The largest absolute Gasteiger partial charge is 0.412 e. The van der Waals surface area contributed by atoms with Gasteiger partial charge in [0.1, 0.15) is 5.78 Å². The number of hydrogen-bond acceptors (Lipinski definition) is 5. The highest BCUT2D eigenvalue weighted by atomic mass is 32.2. The van der Waals surface area contributed by atoms with Crippen molar-refractivity contribution in [1.82, 2.24) is 9.62 Å². The van der Waals surface area contributed by atoms with Gasteiger partial charge in [-0.05, 0) is 55.8 Å². The zero-order chi connectivity index (χ0) is 25.0. The average Bonchev–Trinajstić information content (AvgIpc) is 2.81. The molecule has 0 aromatic heterocycles. The number of rotatable bonds is 8. The van der Waals surface area contributed by atoms with Gasteiger partial charge in [-0.25, -0.2) is 0 Å². The summed E-state index contributed by atoms with van der Waals surface area (Å²) in [5, 5.41) is 10.5. The van der Waals surface area contributed by atoms with E-state index in [2.05, 4.69) is 41.4 Å². The summed E-state index contributed by atoms with van der Waals surface area (Å²) >= 11 is 0. The molecule has 1 fully saturated rings. The maximum absolute atomic E-state index is 12.1. The van der Waals surface area contributed by atoms with Crippen LogP contribution in [-0.4, -0.2) is 59.9 Å². The Bertz CT molecular complexity index is 931. The van der Waals surface area contributed by atoms with E-state index in [-0.39, 0.29) is 23.2 Å². The summed E-state index contributed by atoms with van der Waals surface area (Å²) in [4.78, 5) is 14.3. The van der Waals surface area contributed by atoms with E-state index >= 15 is 0 Å². The van der Waals surface area contributed by atoms with Gasteiger partial charge in [-0.3, -0.25) is 14.2 Å². The first-order valence-electron chi connectivity index (χ1n) is 12.4. The molecule has 1 aromatic rings. The summed E-state index contributed by atoms with van der Waals surface area (Å²) < 4.78 is 31.3. The summed E-state index contributed by atoms with van der Waals surface area (Å²) in [6, 6.07) is 7.95. The summed E-state index contributed by atoms with van der Waals surface area (Å²) in [6.45, 7) is 6.90. The van der Waals surface area contributed by atoms with Crippen LogP contribution in [0.3, 0.4) is 0 Å². The number of hydrogen-bond donors (Lipinski definition) is 3. The summed E-state index contributed by atoms with van der Waals surface area (Å²) in [5.74, 6) is 6.23. The molecule has 2 aliphatic carbocycles. The van der Waals surface area contributed by atoms with Gasteiger partial charge in [0.25, 0.3) is 0 Å². The number of nitrogens with one attached hydrogen (secondary N) is 1. The highest BCUT2D eigenvalue weighted by Gasteiger charge is 2.28. The molecule has 0 heterocycles. The molecular weight excluding hydrogens is 468 g/mol. The number of aryl methyl sites for hydroxylation is 1. The topological polar surface area (TPSA) is 138 Å². The van der Waals surface area contributed by atoms with Crippen LogP contribution >= 0.6 is 0 Å². The van der Waals surface area contributed by atoms with Crippen molar-refractivity contribution in [1.29, 1.82) is 0 Å². The molecule has 9 heteroatoms. The first-order chi connectivity index (χ1) is 16.2. The molecule has 8 nitrogen and oxygen atoms in total. The SMILES string of the molecule is CCN(CC)CC#CCC(=O)CC1CCc2ccccc2C1O.O.O=S(=O)(O)NC1CCCCC1. The predicted octanol–water partition coefficient (Wildman–Crippen LogP) is 2.86. The second-order valence-corrected chi connectivity index (χ2v) is 10.3. The van der Waals surface area contributed by atoms with E-state index in [4.69, 9.17) is 4.55 Å². The van der Waals surface area contributed by atoms with Gasteiger partial charge < -0.3 is 10.6 Å². The fraction of sp³-hybridized carbons (Fsp3) is 0.654. The van der Waals surface area contributed by atoms with Crippen molar-refractivity contribution in [3.8, 4) is 11.8 Å². The number of fused-ring (bicyclic) bond motifs is 1. The Morgan fingerprint density at radius 3 is 2.37 bits per heavy atom. The van der Waals surface area contributed by atoms with Crippen molar-refractivity contribution in [3.05, 3.63) is 35.4 Å². The number of ketones is 1. The first-order valence-corrected chi connectivity index (χ1v) is 13.9. The third-order valence-electron chi connectivity index (χ3n) is 6.62. The minimum Gasteiger partial charge on any atom is -0.412 e. The van der Waals surface area contributed by atoms with E-state index in [0.717, 1.165) is 63.7 Å². The fourth-order valence-corrected chi connectivity index (χ4v) is 5.25. The van der Waals surface area contributed by atoms with Crippen LogP contribution in [0.5, 0.6) is 0 Å². The Morgan fingerprint density at radius 1 is 1.09 bits per heavy atom. The molecule has 198 valence electrons. The van der Waals surface area contributed by atoms with Gasteiger partial charge in [-0.2, -0.15) is 13.1 Å². The van der Waals surface area contributed by atoms with E-state index in [1.807, 2.05) is 18.2 Å². The van der Waals surface area contributed by atoms with Crippen LogP contribution in [0.2, 0.25) is 0 Å². The van der Waals surface area contributed by atoms with Gasteiger partial charge in [0.2, 0.25) is 0 Å². The number of aliphatic hydroxyl groups excluding tert-OH is 1. The zero-order valence-electron chi connectivity index (χ0n) is 21.0. The molecule has 0 bridgehead atoms. The second kappa shape index (κ2) is 16.0. The minimum absolute atomic E-state index is 0. The third kappa shape index (κ3) is 11.7. The van der Waals surface area contributed by atoms with E-state index in [0.29, 0.717) is 12.8 Å². The highest BCUT2D eigenvalue weighted by Crippen LogP contribution is 2.36. The van der Waals surface area contributed by atoms with Crippen LogP contribution in [0.15, 0.2) is 24.3 Å². The highest BCUT2D eigenvalue weighted by molar-refractivity contribution is 7.83. The van der Waals surface area contributed by atoms with Crippen molar-refractivity contribution >= 4 is 16.1 Å². The standard InChI is InChI=1S/C20H27NO2.C6H13NO3S.H2O/c1-3-21(4-2)14-8-7-10-18(22)15-17-13-12-16-9-5-6-11-19(16)20(17)23;8-11(9,10)7-6-4-2-1-3-5-6;/h5-6,9,11,17,20,23H,3-4,10,12-15H2,1-2H3;6-7H,1-5H2,(H,8,9,10);1H2. The lowest BCUT2D eigenvalue weighted by atomic mass is 9.79. The van der Waals surface area contributed by atoms with Crippen LogP contribution in [0, 0.1) is 17.8 Å². The number of carbonyl (C=O) groups excluding carboxylic acids is 1. The molecule has 0 spiro atoms. The Labute approximate surface area is 210 Å². The quantitative estimate of drug-likeness (QED) is 0.363. The Morgan fingerprint density at radius 2 is 1.74 bits per heavy atom. The van der Waals surface area contributed by atoms with Crippen molar-refractivity contribution in [2.24, 2.45) is 5.92 Å². The van der Waals surface area contributed by atoms with Crippen molar-refractivity contribution in [2.75, 3.05) is 19.6 Å². The van der Waals surface area contributed by atoms with Crippen LogP contribution in [0.1, 0.15) is 82.4 Å². The molecule has 2 atom stereocenters. The Kier molecular flexibility index (Phi) is 14.3. The molecular formula is C26H42N2O6S. The van der Waals surface area contributed by atoms with Crippen LogP contribution in [-0.2, 0) is 21.5 Å². The van der Waals surface area contributed by atoms with Crippen LogP contribution < -0.4 is 4.72 Å². The molecule has 1 saturated carbocycles. The Balaban J connectivity index is 0.000000430. The lowest BCUT2D eigenvalue weighted by molar-refractivity contribution is -0.120. The predicted molar refractivity (Wildman–Crippen MR) is 138 cm³/mol. The molecule has 0 amide bonds. The molecule has 1 aromatic carbocycles. The molecule has 3 rings (SSSR count). The van der Waals surface area contributed by atoms with Crippen LogP contribution in [0.25, 0.3) is 0 Å². The van der Waals surface area contributed by atoms with E-state index in [9.17, 15) is 18.3 Å². The van der Waals surface area contributed by atoms with Gasteiger partial charge in [0.15, 0.2) is 0 Å². The molecule has 5 N–H and O–H groups in total. The van der Waals surface area contributed by atoms with Crippen molar-refractivity contribution < 1.29 is 28.3 Å². The number of aliphatic hydroxyl groups is 1. The maximum atomic E-state index is 12.1. The number of nitrogens with zero attached hydrogens (tertiary/aromatic N) is 1. The summed E-state index contributed by atoms with van der Waals surface area (Å²) in [7, 11) is -3.97. The van der Waals surface area contributed by atoms with Gasteiger partial charge in [0.05, 0.1) is 19.1 Å². The number of benzene rings is 1. The zero-order valence-corrected chi connectivity index (χ0v) is 21.8. The fourth-order valence-electron chi connectivity index (χ4n) is 4.59. The van der Waals surface area contributed by atoms with E-state index < -0.39 is 16.4 Å². The monoisotopic (exact) mass is 510 g/mol. The second-order valence-electron chi connectivity index (χ2n) is 9.10. The Hall–Kier alpha value is -1.80. The molecule has 0 aliphatic heterocycles. The summed E-state index contributed by atoms with van der Waals surface area (Å²) in [5.41, 5.74) is 2.20. The first kappa shape index (κ1) is 31.2. The lowest BCUT2D eigenvalue weighted by Gasteiger charge is -2.29. The van der Waals surface area contributed by atoms with Gasteiger partial charge in [0, 0.05) is 12.5 Å². The van der Waals surface area contributed by atoms with Crippen LogP contribution in [0.4, 0.5) is 0 Å².